The number of carboxylic acid groups (broad SMARTS) is 1. The maximum atomic E-state index is 14.1. The number of carboxylic acids is 1. The van der Waals surface area contributed by atoms with Crippen molar-refractivity contribution in [3.05, 3.63) is 40.3 Å². The summed E-state index contributed by atoms with van der Waals surface area (Å²) in [6, 6.07) is 7.98. The van der Waals surface area contributed by atoms with Crippen molar-refractivity contribution in [3.63, 3.8) is 0 Å². The number of fused-ring (bicyclic) bond motifs is 5. The minimum Gasteiger partial charge on any atom is -0.481 e. The number of oxime groups is 1. The molecule has 4 bridgehead atoms. The topological polar surface area (TPSA) is 93.8 Å². The lowest BCUT2D eigenvalue weighted by Crippen LogP contribution is -2.45. The van der Waals surface area contributed by atoms with E-state index in [1.807, 2.05) is 28.8 Å². The summed E-state index contributed by atoms with van der Waals surface area (Å²) in [6.07, 6.45) is 13.1. The summed E-state index contributed by atoms with van der Waals surface area (Å²) in [5, 5.41) is 13.3. The summed E-state index contributed by atoms with van der Waals surface area (Å²) in [5.74, 6) is 4.81. The molecular formula is C32H43N3O4. The number of hydrogen-bond acceptors (Lipinski definition) is 5. The number of aromatic nitrogens is 2. The number of benzene rings is 1. The van der Waals surface area contributed by atoms with Crippen LogP contribution in [0.1, 0.15) is 95.7 Å². The van der Waals surface area contributed by atoms with Gasteiger partial charge in [0.2, 0.25) is 0 Å². The molecule has 2 aromatic rings. The number of rotatable bonds is 7. The highest BCUT2D eigenvalue weighted by atomic mass is 16.6. The molecule has 8 atom stereocenters. The predicted octanol–water partition coefficient (Wildman–Crippen LogP) is 6.44. The molecule has 7 heteroatoms. The fraction of sp³-hybridized carbons (Fsp3) is 0.688. The summed E-state index contributed by atoms with van der Waals surface area (Å²) in [5.41, 5.74) is 1.97. The molecule has 0 saturated heterocycles. The van der Waals surface area contributed by atoms with Crippen LogP contribution in [-0.4, -0.2) is 33.4 Å². The molecule has 0 amide bonds. The molecule has 4 fully saturated rings. The second-order valence-corrected chi connectivity index (χ2v) is 13.2. The van der Waals surface area contributed by atoms with Crippen molar-refractivity contribution in [1.29, 1.82) is 0 Å². The average molecular weight is 534 g/mol. The van der Waals surface area contributed by atoms with Crippen molar-refractivity contribution in [2.24, 2.45) is 46.6 Å². The van der Waals surface area contributed by atoms with Crippen LogP contribution in [0.5, 0.6) is 0 Å². The van der Waals surface area contributed by atoms with E-state index in [0.29, 0.717) is 17.5 Å². The van der Waals surface area contributed by atoms with Gasteiger partial charge in [-0.3, -0.25) is 9.59 Å². The van der Waals surface area contributed by atoms with Gasteiger partial charge in [0.25, 0.3) is 5.56 Å². The molecule has 1 unspecified atom stereocenters. The molecular weight excluding hydrogens is 490 g/mol. The Morgan fingerprint density at radius 3 is 2.36 bits per heavy atom. The molecule has 7 nitrogen and oxygen atoms in total. The molecule has 1 heterocycles. The zero-order chi connectivity index (χ0) is 27.1. The fourth-order valence-corrected chi connectivity index (χ4v) is 9.54. The van der Waals surface area contributed by atoms with Crippen LogP contribution >= 0.6 is 0 Å². The summed E-state index contributed by atoms with van der Waals surface area (Å²) in [4.78, 5) is 35.1. The van der Waals surface area contributed by atoms with Gasteiger partial charge in [-0.15, -0.1) is 0 Å². The van der Waals surface area contributed by atoms with Crippen LogP contribution in [-0.2, 0) is 9.63 Å². The highest BCUT2D eigenvalue weighted by Crippen LogP contribution is 2.56. The van der Waals surface area contributed by atoms with Gasteiger partial charge in [0.15, 0.2) is 5.69 Å². The van der Waals surface area contributed by atoms with E-state index in [9.17, 15) is 14.7 Å². The second kappa shape index (κ2) is 11.1. The first-order chi connectivity index (χ1) is 18.9. The Morgan fingerprint density at radius 1 is 1.00 bits per heavy atom. The Morgan fingerprint density at radius 2 is 1.69 bits per heavy atom. The lowest BCUT2D eigenvalue weighted by atomic mass is 9.53. The minimum absolute atomic E-state index is 0.102. The lowest BCUT2D eigenvalue weighted by molar-refractivity contribution is -0.136. The molecule has 210 valence electrons. The molecule has 39 heavy (non-hydrogen) atoms. The lowest BCUT2D eigenvalue weighted by Gasteiger charge is -2.53. The van der Waals surface area contributed by atoms with Gasteiger partial charge in [-0.2, -0.15) is 0 Å². The summed E-state index contributed by atoms with van der Waals surface area (Å²) in [6.45, 7) is 2.45. The molecule has 1 aromatic heterocycles. The van der Waals surface area contributed by atoms with E-state index >= 15 is 0 Å². The summed E-state index contributed by atoms with van der Waals surface area (Å²) >= 11 is 0. The first kappa shape index (κ1) is 26.5. The van der Waals surface area contributed by atoms with Crippen molar-refractivity contribution in [2.45, 2.75) is 90.0 Å². The Hall–Kier alpha value is -2.70. The van der Waals surface area contributed by atoms with Gasteiger partial charge in [-0.1, -0.05) is 43.5 Å². The van der Waals surface area contributed by atoms with Crippen LogP contribution in [0.2, 0.25) is 0 Å². The maximum absolute atomic E-state index is 14.1. The van der Waals surface area contributed by atoms with E-state index in [2.05, 4.69) is 17.1 Å². The van der Waals surface area contributed by atoms with E-state index in [1.165, 1.54) is 58.5 Å². The van der Waals surface area contributed by atoms with Crippen molar-refractivity contribution >= 4 is 22.7 Å². The van der Waals surface area contributed by atoms with Gasteiger partial charge >= 0.3 is 5.97 Å². The van der Waals surface area contributed by atoms with Crippen LogP contribution in [0.4, 0.5) is 0 Å². The SMILES string of the molecule is CO/N=C(\CCC(=O)O)c1nc2ccccc2n([C@H]2C[C@H]3CCC[C@@H](C2)[C@H]3C2C[C@@H]3C[C@H](C)C[C@H](C2)C3)c1=O. The number of carbonyl (C=O) groups is 1. The highest BCUT2D eigenvalue weighted by molar-refractivity contribution is 6.00. The van der Waals surface area contributed by atoms with Gasteiger partial charge < -0.3 is 14.5 Å². The zero-order valence-corrected chi connectivity index (χ0v) is 23.4. The molecule has 1 N–H and O–H groups in total. The van der Waals surface area contributed by atoms with Gasteiger partial charge in [-0.05, 0) is 98.5 Å². The van der Waals surface area contributed by atoms with E-state index < -0.39 is 5.97 Å². The Bertz CT molecular complexity index is 1270. The van der Waals surface area contributed by atoms with E-state index in [4.69, 9.17) is 4.84 Å². The van der Waals surface area contributed by atoms with E-state index in [0.717, 1.165) is 53.5 Å². The predicted molar refractivity (Wildman–Crippen MR) is 152 cm³/mol. The smallest absolute Gasteiger partial charge is 0.303 e. The number of nitrogens with zero attached hydrogens (tertiary/aromatic N) is 3. The molecule has 6 rings (SSSR count). The largest absolute Gasteiger partial charge is 0.481 e. The van der Waals surface area contributed by atoms with E-state index in [1.54, 1.807) is 0 Å². The third-order valence-corrected chi connectivity index (χ3v) is 10.6. The minimum atomic E-state index is -0.938. The summed E-state index contributed by atoms with van der Waals surface area (Å²) < 4.78 is 1.99. The molecule has 0 spiro atoms. The Labute approximate surface area is 231 Å². The first-order valence-corrected chi connectivity index (χ1v) is 15.2. The normalized spacial score (nSPS) is 34.6. The van der Waals surface area contributed by atoms with Crippen LogP contribution in [0.3, 0.4) is 0 Å². The standard InChI is InChI=1S/C32H43N3O4/c1-19-12-20-14-21(13-19)16-24(15-20)30-22-6-5-7-23(30)18-25(17-22)35-28-9-4-3-8-26(28)33-31(32(35)38)27(34-39-2)10-11-29(36)37/h3-4,8-9,19-25,30H,5-7,10-18H2,1-2H3,(H,36,37)/b34-27+/t19-,20+,21-,22-,23+,24?,25+,30+. The number of para-hydroxylation sites is 2. The molecule has 4 saturated carbocycles. The molecule has 0 radical (unpaired) electrons. The summed E-state index contributed by atoms with van der Waals surface area (Å²) in [7, 11) is 1.42. The van der Waals surface area contributed by atoms with Crippen molar-refractivity contribution in [2.75, 3.05) is 7.11 Å². The number of aliphatic carboxylic acids is 1. The molecule has 4 aliphatic rings. The van der Waals surface area contributed by atoms with Gasteiger partial charge in [0, 0.05) is 12.5 Å². The highest BCUT2D eigenvalue weighted by Gasteiger charge is 2.47. The monoisotopic (exact) mass is 533 g/mol. The quantitative estimate of drug-likeness (QED) is 0.326. The third kappa shape index (κ3) is 5.26. The fourth-order valence-electron chi connectivity index (χ4n) is 9.54. The van der Waals surface area contributed by atoms with Crippen molar-refractivity contribution < 1.29 is 14.7 Å². The second-order valence-electron chi connectivity index (χ2n) is 13.2. The van der Waals surface area contributed by atoms with Gasteiger partial charge in [0.1, 0.15) is 12.8 Å². The van der Waals surface area contributed by atoms with Crippen molar-refractivity contribution in [1.82, 2.24) is 9.55 Å². The van der Waals surface area contributed by atoms with Crippen LogP contribution in [0.25, 0.3) is 11.0 Å². The van der Waals surface area contributed by atoms with Crippen molar-refractivity contribution in [3.8, 4) is 0 Å². The van der Waals surface area contributed by atoms with Gasteiger partial charge in [0.05, 0.1) is 17.5 Å². The van der Waals surface area contributed by atoms with Crippen LogP contribution in [0.15, 0.2) is 34.2 Å². The Balaban J connectivity index is 1.33. The maximum Gasteiger partial charge on any atom is 0.303 e. The molecule has 4 aliphatic carbocycles. The van der Waals surface area contributed by atoms with Crippen LogP contribution in [0, 0.1) is 41.4 Å². The zero-order valence-electron chi connectivity index (χ0n) is 23.4. The average Bonchev–Trinajstić information content (AvgIpc) is 2.89. The van der Waals surface area contributed by atoms with Gasteiger partial charge in [-0.25, -0.2) is 4.98 Å². The molecule has 1 aromatic carbocycles. The molecule has 0 aliphatic heterocycles. The third-order valence-electron chi connectivity index (χ3n) is 10.6. The van der Waals surface area contributed by atoms with Crippen LogP contribution < -0.4 is 5.56 Å². The van der Waals surface area contributed by atoms with E-state index in [-0.39, 0.29) is 30.1 Å². The number of hydrogen-bond donors (Lipinski definition) is 1. The Kier molecular flexibility index (Phi) is 7.52. The first-order valence-electron chi connectivity index (χ1n) is 15.2.